The molecule has 128 valence electrons. The summed E-state index contributed by atoms with van der Waals surface area (Å²) < 4.78 is 25.2. The van der Waals surface area contributed by atoms with Gasteiger partial charge in [0, 0.05) is 18.5 Å². The molecule has 0 saturated carbocycles. The van der Waals surface area contributed by atoms with Crippen LogP contribution in [-0.2, 0) is 6.42 Å². The Hall–Kier alpha value is -2.11. The summed E-state index contributed by atoms with van der Waals surface area (Å²) in [5.74, 6) is 0.860. The third-order valence-corrected chi connectivity index (χ3v) is 4.56. The highest BCUT2D eigenvalue weighted by atomic mass is 19.1. The molecule has 1 aliphatic rings. The average molecular weight is 331 g/mol. The van der Waals surface area contributed by atoms with E-state index in [-0.39, 0.29) is 5.82 Å². The van der Waals surface area contributed by atoms with Gasteiger partial charge >= 0.3 is 0 Å². The normalized spacial score (nSPS) is 22.3. The van der Waals surface area contributed by atoms with Crippen LogP contribution in [-0.4, -0.2) is 31.4 Å². The topological polar surface area (TPSA) is 50.7 Å². The predicted molar refractivity (Wildman–Crippen MR) is 90.1 cm³/mol. The number of ether oxygens (including phenoxy) is 2. The molecule has 2 aromatic carbocycles. The summed E-state index contributed by atoms with van der Waals surface area (Å²) in [7, 11) is 3.40. The van der Waals surface area contributed by atoms with Gasteiger partial charge in [-0.25, -0.2) is 4.39 Å². The number of benzene rings is 2. The number of hydrogen-bond acceptors (Lipinski definition) is 4. The highest BCUT2D eigenvalue weighted by molar-refractivity contribution is 5.45. The highest BCUT2D eigenvalue weighted by Gasteiger charge is 2.46. The Balaban J connectivity index is 2.01. The molecule has 0 spiro atoms. The lowest BCUT2D eigenvalue weighted by atomic mass is 9.97. The van der Waals surface area contributed by atoms with Gasteiger partial charge in [-0.15, -0.1) is 0 Å². The van der Waals surface area contributed by atoms with Crippen molar-refractivity contribution in [3.8, 4) is 11.5 Å². The predicted octanol–water partition coefficient (Wildman–Crippen LogP) is 2.77. The zero-order valence-electron chi connectivity index (χ0n) is 14.1. The minimum absolute atomic E-state index is 0.322. The summed E-state index contributed by atoms with van der Waals surface area (Å²) in [5, 5.41) is 14.2. The Morgan fingerprint density at radius 2 is 2.12 bits per heavy atom. The van der Waals surface area contributed by atoms with Crippen molar-refractivity contribution in [2.75, 3.05) is 20.7 Å². The van der Waals surface area contributed by atoms with Crippen LogP contribution in [0.5, 0.6) is 11.5 Å². The van der Waals surface area contributed by atoms with Crippen molar-refractivity contribution in [3.05, 3.63) is 58.9 Å². The van der Waals surface area contributed by atoms with Crippen molar-refractivity contribution in [1.29, 1.82) is 0 Å². The molecule has 2 unspecified atom stereocenters. The maximum Gasteiger partial charge on any atom is 0.154 e. The van der Waals surface area contributed by atoms with Crippen LogP contribution in [0.1, 0.15) is 22.8 Å². The Labute approximate surface area is 141 Å². The van der Waals surface area contributed by atoms with Gasteiger partial charge in [0.15, 0.2) is 6.10 Å². The first kappa shape index (κ1) is 16.7. The van der Waals surface area contributed by atoms with E-state index in [4.69, 9.17) is 9.47 Å². The first-order valence-electron chi connectivity index (χ1n) is 7.94. The van der Waals surface area contributed by atoms with E-state index in [1.54, 1.807) is 33.2 Å². The van der Waals surface area contributed by atoms with Crippen molar-refractivity contribution < 1.29 is 19.0 Å². The number of likely N-dealkylation sites (N-methyl/N-ethyl adjacent to an activating group) is 1. The molecular weight excluding hydrogens is 309 g/mol. The van der Waals surface area contributed by atoms with E-state index in [0.717, 1.165) is 16.9 Å². The van der Waals surface area contributed by atoms with Gasteiger partial charge in [0.1, 0.15) is 22.9 Å². The van der Waals surface area contributed by atoms with Crippen LogP contribution >= 0.6 is 0 Å². The number of hydrogen-bond donors (Lipinski definition) is 2. The molecule has 0 radical (unpaired) electrons. The summed E-state index contributed by atoms with van der Waals surface area (Å²) >= 11 is 0. The fourth-order valence-electron chi connectivity index (χ4n) is 3.31. The minimum atomic E-state index is -1.11. The molecule has 0 saturated heterocycles. The molecule has 2 atom stereocenters. The summed E-state index contributed by atoms with van der Waals surface area (Å²) in [6.45, 7) is 2.04. The lowest BCUT2D eigenvalue weighted by molar-refractivity contribution is -0.0488. The van der Waals surface area contributed by atoms with Gasteiger partial charge in [-0.1, -0.05) is 12.1 Å². The largest absolute Gasteiger partial charge is 0.497 e. The van der Waals surface area contributed by atoms with E-state index in [0.29, 0.717) is 24.3 Å². The maximum absolute atomic E-state index is 13.8. The van der Waals surface area contributed by atoms with Crippen LogP contribution in [0.15, 0.2) is 36.4 Å². The number of aliphatic hydroxyl groups is 1. The summed E-state index contributed by atoms with van der Waals surface area (Å²) in [6.07, 6.45) is -0.134. The van der Waals surface area contributed by atoms with Gasteiger partial charge < -0.3 is 19.9 Å². The lowest BCUT2D eigenvalue weighted by Crippen LogP contribution is -2.45. The summed E-state index contributed by atoms with van der Waals surface area (Å²) in [4.78, 5) is 0. The molecule has 2 aromatic rings. The number of methoxy groups -OCH3 is 1. The number of nitrogens with one attached hydrogen (secondary N) is 1. The Morgan fingerprint density at radius 3 is 2.83 bits per heavy atom. The van der Waals surface area contributed by atoms with Crippen LogP contribution in [0, 0.1) is 12.7 Å². The third kappa shape index (κ3) is 2.85. The van der Waals surface area contributed by atoms with Crippen molar-refractivity contribution in [1.82, 2.24) is 5.32 Å². The summed E-state index contributed by atoms with van der Waals surface area (Å²) in [5.41, 5.74) is 1.21. The molecule has 0 heterocycles. The molecule has 1 aliphatic carbocycles. The Morgan fingerprint density at radius 1 is 1.33 bits per heavy atom. The minimum Gasteiger partial charge on any atom is -0.497 e. The van der Waals surface area contributed by atoms with Crippen molar-refractivity contribution >= 4 is 0 Å². The number of rotatable bonds is 5. The second-order valence-electron chi connectivity index (χ2n) is 6.24. The van der Waals surface area contributed by atoms with Gasteiger partial charge in [-0.3, -0.25) is 0 Å². The van der Waals surface area contributed by atoms with Gasteiger partial charge in [-0.05, 0) is 49.4 Å². The fourth-order valence-corrected chi connectivity index (χ4v) is 3.31. The molecule has 0 bridgehead atoms. The van der Waals surface area contributed by atoms with Gasteiger partial charge in [-0.2, -0.15) is 0 Å². The second-order valence-corrected chi connectivity index (χ2v) is 6.24. The third-order valence-electron chi connectivity index (χ3n) is 4.56. The van der Waals surface area contributed by atoms with Crippen LogP contribution in [0.3, 0.4) is 0 Å². The number of fused-ring (bicyclic) bond motifs is 1. The van der Waals surface area contributed by atoms with E-state index < -0.39 is 11.7 Å². The zero-order valence-corrected chi connectivity index (χ0v) is 14.1. The molecule has 2 N–H and O–H groups in total. The zero-order chi connectivity index (χ0) is 17.3. The van der Waals surface area contributed by atoms with Crippen LogP contribution in [0.25, 0.3) is 0 Å². The summed E-state index contributed by atoms with van der Waals surface area (Å²) in [6, 6.07) is 10.4. The van der Waals surface area contributed by atoms with Crippen molar-refractivity contribution in [2.24, 2.45) is 0 Å². The molecule has 5 heteroatoms. The van der Waals surface area contributed by atoms with Gasteiger partial charge in [0.25, 0.3) is 0 Å². The fraction of sp³-hybridized carbons (Fsp3) is 0.368. The van der Waals surface area contributed by atoms with E-state index in [1.807, 2.05) is 18.2 Å². The van der Waals surface area contributed by atoms with E-state index in [1.165, 1.54) is 6.07 Å². The molecule has 0 fully saturated rings. The quantitative estimate of drug-likeness (QED) is 0.885. The number of halogens is 1. The standard InChI is InChI=1S/C19H22FNO3/c1-12-16(20)5-4-6-17(12)24-18-15-8-7-14(23-3)9-13(15)10-19(18,22)11-21-2/h4-9,18,21-22H,10-11H2,1-3H3. The Bertz CT molecular complexity index is 749. The van der Waals surface area contributed by atoms with Crippen molar-refractivity contribution in [2.45, 2.75) is 25.0 Å². The van der Waals surface area contributed by atoms with Crippen LogP contribution in [0.2, 0.25) is 0 Å². The average Bonchev–Trinajstić information content (AvgIpc) is 2.83. The molecular formula is C19H22FNO3. The van der Waals surface area contributed by atoms with Crippen LogP contribution in [0.4, 0.5) is 4.39 Å². The van der Waals surface area contributed by atoms with E-state index in [2.05, 4.69) is 5.32 Å². The highest BCUT2D eigenvalue weighted by Crippen LogP contribution is 2.43. The maximum atomic E-state index is 13.8. The monoisotopic (exact) mass is 331 g/mol. The van der Waals surface area contributed by atoms with E-state index >= 15 is 0 Å². The SMILES string of the molecule is CNCC1(O)Cc2cc(OC)ccc2C1Oc1cccc(F)c1C. The van der Waals surface area contributed by atoms with Gasteiger partial charge in [0.05, 0.1) is 7.11 Å². The molecule has 4 nitrogen and oxygen atoms in total. The lowest BCUT2D eigenvalue weighted by Gasteiger charge is -2.31. The molecule has 0 aromatic heterocycles. The first-order chi connectivity index (χ1) is 11.5. The van der Waals surface area contributed by atoms with Crippen LogP contribution < -0.4 is 14.8 Å². The van der Waals surface area contributed by atoms with Gasteiger partial charge in [0.2, 0.25) is 0 Å². The molecule has 24 heavy (non-hydrogen) atoms. The van der Waals surface area contributed by atoms with E-state index in [9.17, 15) is 9.50 Å². The molecule has 0 amide bonds. The smallest absolute Gasteiger partial charge is 0.154 e. The molecule has 0 aliphatic heterocycles. The molecule has 3 rings (SSSR count). The second kappa shape index (κ2) is 6.42. The first-order valence-corrected chi connectivity index (χ1v) is 7.94. The van der Waals surface area contributed by atoms with Crippen molar-refractivity contribution in [3.63, 3.8) is 0 Å². The Kier molecular flexibility index (Phi) is 4.47.